The number of amides is 1. The van der Waals surface area contributed by atoms with E-state index in [4.69, 9.17) is 4.74 Å². The zero-order chi connectivity index (χ0) is 20.4. The Morgan fingerprint density at radius 2 is 1.97 bits per heavy atom. The van der Waals surface area contributed by atoms with Crippen LogP contribution in [0.4, 0.5) is 0 Å². The molecule has 1 N–H and O–H groups in total. The number of hydrogen-bond donors (Lipinski definition) is 1. The van der Waals surface area contributed by atoms with Gasteiger partial charge in [-0.1, -0.05) is 0 Å². The molecule has 0 saturated carbocycles. The van der Waals surface area contributed by atoms with Crippen LogP contribution in [0.1, 0.15) is 47.3 Å². The summed E-state index contributed by atoms with van der Waals surface area (Å²) in [4.78, 5) is 35.0. The van der Waals surface area contributed by atoms with E-state index in [1.165, 1.54) is 6.92 Å². The van der Waals surface area contributed by atoms with Crippen LogP contribution in [0.2, 0.25) is 0 Å². The Morgan fingerprint density at radius 1 is 1.21 bits per heavy atom. The molecule has 0 radical (unpaired) electrons. The van der Waals surface area contributed by atoms with Gasteiger partial charge in [0.25, 0.3) is 0 Å². The molecule has 1 saturated heterocycles. The highest BCUT2D eigenvalue weighted by molar-refractivity contribution is 5.94. The maximum atomic E-state index is 12.9. The summed E-state index contributed by atoms with van der Waals surface area (Å²) >= 11 is 0. The van der Waals surface area contributed by atoms with E-state index in [1.54, 1.807) is 37.7 Å². The van der Waals surface area contributed by atoms with E-state index in [2.05, 4.69) is 20.2 Å². The van der Waals surface area contributed by atoms with Gasteiger partial charge >= 0.3 is 0 Å². The van der Waals surface area contributed by atoms with Crippen molar-refractivity contribution < 1.29 is 14.3 Å². The van der Waals surface area contributed by atoms with Crippen LogP contribution in [0.25, 0.3) is 11.2 Å². The van der Waals surface area contributed by atoms with E-state index in [0.29, 0.717) is 30.0 Å². The van der Waals surface area contributed by atoms with Crippen molar-refractivity contribution in [1.82, 2.24) is 25.1 Å². The molecule has 2 aromatic heterocycles. The number of H-pyrrole nitrogens is 1. The highest BCUT2D eigenvalue weighted by Gasteiger charge is 2.27. The van der Waals surface area contributed by atoms with E-state index in [-0.39, 0.29) is 24.0 Å². The van der Waals surface area contributed by atoms with Crippen molar-refractivity contribution in [2.75, 3.05) is 20.2 Å². The number of nitrogens with zero attached hydrogens (tertiary/aromatic N) is 4. The first-order valence-corrected chi connectivity index (χ1v) is 9.67. The predicted molar refractivity (Wildman–Crippen MR) is 107 cm³/mol. The summed E-state index contributed by atoms with van der Waals surface area (Å²) in [6, 6.07) is 5.22. The van der Waals surface area contributed by atoms with Crippen molar-refractivity contribution in [3.8, 4) is 5.75 Å². The van der Waals surface area contributed by atoms with Gasteiger partial charge in [0.15, 0.2) is 11.4 Å². The molecule has 8 nitrogen and oxygen atoms in total. The fraction of sp³-hybridized carbons (Fsp3) is 0.381. The molecule has 1 aliphatic heterocycles. The van der Waals surface area contributed by atoms with Crippen molar-refractivity contribution >= 4 is 22.9 Å². The molecule has 4 rings (SSSR count). The molecule has 1 aliphatic rings. The molecule has 3 aromatic rings. The van der Waals surface area contributed by atoms with Crippen LogP contribution in [0.5, 0.6) is 5.75 Å². The van der Waals surface area contributed by atoms with Crippen molar-refractivity contribution in [2.45, 2.75) is 32.1 Å². The Hall–Kier alpha value is -3.29. The molecule has 0 bridgehead atoms. The summed E-state index contributed by atoms with van der Waals surface area (Å²) in [7, 11) is 1.57. The van der Waals surface area contributed by atoms with Crippen LogP contribution in [0, 0.1) is 0 Å². The average molecular weight is 393 g/mol. The Kier molecular flexibility index (Phi) is 5.24. The van der Waals surface area contributed by atoms with Gasteiger partial charge < -0.3 is 9.64 Å². The normalized spacial score (nSPS) is 14.9. The molecule has 0 atom stereocenters. The maximum absolute atomic E-state index is 12.9. The summed E-state index contributed by atoms with van der Waals surface area (Å²) in [6.45, 7) is 2.85. The molecule has 0 unspecified atom stereocenters. The largest absolute Gasteiger partial charge is 0.496 e. The molecule has 8 heteroatoms. The number of aromatic amines is 1. The topological polar surface area (TPSA) is 101 Å². The number of carbonyl (C=O) groups excluding carboxylic acids is 2. The van der Waals surface area contributed by atoms with Crippen LogP contribution in [0.15, 0.2) is 30.6 Å². The van der Waals surface area contributed by atoms with E-state index in [9.17, 15) is 9.59 Å². The van der Waals surface area contributed by atoms with E-state index in [0.717, 1.165) is 29.6 Å². The van der Waals surface area contributed by atoms with Crippen LogP contribution >= 0.6 is 0 Å². The molecular formula is C21H23N5O3. The lowest BCUT2D eigenvalue weighted by Gasteiger charge is -2.31. The number of piperidine rings is 1. The van der Waals surface area contributed by atoms with E-state index in [1.807, 2.05) is 4.90 Å². The molecule has 150 valence electrons. The zero-order valence-corrected chi connectivity index (χ0v) is 16.5. The number of methoxy groups -OCH3 is 1. The number of aromatic nitrogens is 4. The number of ether oxygens (including phenoxy) is 1. The summed E-state index contributed by atoms with van der Waals surface area (Å²) in [5.41, 5.74) is 3.75. The minimum absolute atomic E-state index is 0.0305. The van der Waals surface area contributed by atoms with Gasteiger partial charge in [-0.05, 0) is 38.0 Å². The highest BCUT2D eigenvalue weighted by atomic mass is 16.5. The van der Waals surface area contributed by atoms with Crippen molar-refractivity contribution in [3.05, 3.63) is 47.4 Å². The Labute approximate surface area is 168 Å². The van der Waals surface area contributed by atoms with Crippen molar-refractivity contribution in [3.63, 3.8) is 0 Å². The van der Waals surface area contributed by atoms with Crippen molar-refractivity contribution in [2.24, 2.45) is 0 Å². The Morgan fingerprint density at radius 3 is 2.69 bits per heavy atom. The summed E-state index contributed by atoms with van der Waals surface area (Å²) < 4.78 is 5.37. The number of likely N-dealkylation sites (tertiary alicyclic amines) is 1. The third-order valence-corrected chi connectivity index (χ3v) is 5.50. The number of hydrogen-bond acceptors (Lipinski definition) is 6. The first kappa shape index (κ1) is 19.0. The summed E-state index contributed by atoms with van der Waals surface area (Å²) in [5.74, 6) is 0.908. The fourth-order valence-electron chi connectivity index (χ4n) is 3.88. The number of fused-ring (bicyclic) bond motifs is 1. The fourth-order valence-corrected chi connectivity index (χ4v) is 3.88. The lowest BCUT2D eigenvalue weighted by molar-refractivity contribution is -0.131. The number of benzene rings is 1. The van der Waals surface area contributed by atoms with Crippen LogP contribution in [0.3, 0.4) is 0 Å². The molecule has 1 fully saturated rings. The molecular weight excluding hydrogens is 370 g/mol. The number of nitrogens with one attached hydrogen (secondary N) is 1. The average Bonchev–Trinajstić information content (AvgIpc) is 3.18. The van der Waals surface area contributed by atoms with Gasteiger partial charge in [-0.25, -0.2) is 9.97 Å². The lowest BCUT2D eigenvalue weighted by Crippen LogP contribution is -2.39. The van der Waals surface area contributed by atoms with Crippen LogP contribution in [-0.2, 0) is 11.2 Å². The molecule has 0 spiro atoms. The van der Waals surface area contributed by atoms with E-state index < -0.39 is 0 Å². The number of rotatable bonds is 5. The summed E-state index contributed by atoms with van der Waals surface area (Å²) in [6.07, 6.45) is 5.19. The molecule has 1 amide bonds. The third kappa shape index (κ3) is 3.83. The highest BCUT2D eigenvalue weighted by Crippen LogP contribution is 2.30. The van der Waals surface area contributed by atoms with Gasteiger partial charge in [0.2, 0.25) is 5.91 Å². The Balaban J connectivity index is 1.43. The minimum Gasteiger partial charge on any atom is -0.496 e. The minimum atomic E-state index is -0.0305. The van der Waals surface area contributed by atoms with Crippen molar-refractivity contribution in [1.29, 1.82) is 0 Å². The second-order valence-corrected chi connectivity index (χ2v) is 7.28. The lowest BCUT2D eigenvalue weighted by atomic mass is 9.92. The molecule has 1 aromatic carbocycles. The molecule has 0 aliphatic carbocycles. The maximum Gasteiger partial charge on any atom is 0.227 e. The summed E-state index contributed by atoms with van der Waals surface area (Å²) in [5, 5.41) is 7.30. The number of ketones is 1. The third-order valence-electron chi connectivity index (χ3n) is 5.50. The number of Topliss-reactive ketones (excluding diaryl/α,β-unsaturated/α-hetero) is 1. The smallest absolute Gasteiger partial charge is 0.227 e. The monoisotopic (exact) mass is 393 g/mol. The van der Waals surface area contributed by atoms with Crippen LogP contribution in [-0.4, -0.2) is 57.0 Å². The quantitative estimate of drug-likeness (QED) is 0.669. The van der Waals surface area contributed by atoms with Gasteiger partial charge in [0, 0.05) is 42.5 Å². The van der Waals surface area contributed by atoms with Gasteiger partial charge in [-0.2, -0.15) is 5.10 Å². The Bertz CT molecular complexity index is 1050. The van der Waals surface area contributed by atoms with Gasteiger partial charge in [-0.3, -0.25) is 14.7 Å². The first-order valence-electron chi connectivity index (χ1n) is 9.67. The second kappa shape index (κ2) is 7.98. The van der Waals surface area contributed by atoms with Gasteiger partial charge in [0.05, 0.1) is 19.2 Å². The second-order valence-electron chi connectivity index (χ2n) is 7.28. The zero-order valence-electron chi connectivity index (χ0n) is 16.5. The van der Waals surface area contributed by atoms with Crippen LogP contribution < -0.4 is 4.74 Å². The molecule has 29 heavy (non-hydrogen) atoms. The van der Waals surface area contributed by atoms with Gasteiger partial charge in [-0.15, -0.1) is 0 Å². The molecule has 3 heterocycles. The standard InChI is InChI=1S/C21H23N5O3/c1-13(27)15-3-4-17(29-2)16(11-15)12-18(28)26-9-5-14(6-10-26)19-20-21(25-24-19)23-8-7-22-20/h3-4,7-8,11,14H,5-6,9-10,12H2,1-2H3,(H,23,24,25). The van der Waals surface area contributed by atoms with E-state index >= 15 is 0 Å². The van der Waals surface area contributed by atoms with Gasteiger partial charge in [0.1, 0.15) is 11.3 Å². The predicted octanol–water partition coefficient (Wildman–Crippen LogP) is 2.51. The first-order chi connectivity index (χ1) is 14.1. The number of carbonyl (C=O) groups is 2. The SMILES string of the molecule is COc1ccc(C(C)=O)cc1CC(=O)N1CCC(c2[nH]nc3nccnc23)CC1.